The summed E-state index contributed by atoms with van der Waals surface area (Å²) in [4.78, 5) is 24.9. The van der Waals surface area contributed by atoms with Gasteiger partial charge < -0.3 is 43.8 Å². The van der Waals surface area contributed by atoms with Gasteiger partial charge in [0.1, 0.15) is 13.2 Å². The number of amides is 1. The van der Waals surface area contributed by atoms with Crippen molar-refractivity contribution >= 4 is 23.4 Å². The highest BCUT2D eigenvalue weighted by atomic mass is 19.4. The first kappa shape index (κ1) is 41.2. The molecule has 5 rings (SSSR count). The standard InChI is InChI=1S/C41H45F3N2O9/c42-41(43,44)30-8-7-9-31(28-30)46-38-15-6-5-14-36(38)39(47)54-27-26-53-25-24-52-23-22-51-21-20-50-19-18-49-17-16-45-40(48)55-29-37-34-12-3-1-10-32(34)33-11-2-4-13-35(33)37/h1-15,28,37,46H,16-27,29H2,(H,45,48). The maximum Gasteiger partial charge on any atom is 0.416 e. The fourth-order valence-corrected chi connectivity index (χ4v) is 5.83. The molecule has 4 aromatic carbocycles. The summed E-state index contributed by atoms with van der Waals surface area (Å²) in [5.74, 6) is -0.623. The molecular formula is C41H45F3N2O9. The maximum absolute atomic E-state index is 13.1. The van der Waals surface area contributed by atoms with Gasteiger partial charge in [-0.2, -0.15) is 13.2 Å². The molecule has 294 valence electrons. The van der Waals surface area contributed by atoms with Gasteiger partial charge in [-0.1, -0.05) is 66.7 Å². The number of hydrogen-bond acceptors (Lipinski definition) is 10. The third kappa shape index (κ3) is 13.1. The van der Waals surface area contributed by atoms with Crippen LogP contribution in [0.15, 0.2) is 97.1 Å². The average molecular weight is 767 g/mol. The molecule has 0 radical (unpaired) electrons. The number of halogens is 3. The average Bonchev–Trinajstić information content (AvgIpc) is 3.51. The number of alkyl carbamates (subject to hydrolysis) is 1. The Hall–Kier alpha value is -4.99. The molecule has 0 saturated heterocycles. The first-order valence-electron chi connectivity index (χ1n) is 18.0. The van der Waals surface area contributed by atoms with E-state index in [2.05, 4.69) is 34.9 Å². The molecule has 0 aromatic heterocycles. The number of nitrogens with one attached hydrogen (secondary N) is 2. The van der Waals surface area contributed by atoms with E-state index in [4.69, 9.17) is 33.2 Å². The molecule has 1 aliphatic rings. The molecule has 0 atom stereocenters. The van der Waals surface area contributed by atoms with Crippen LogP contribution in [0.5, 0.6) is 0 Å². The van der Waals surface area contributed by atoms with Crippen molar-refractivity contribution in [3.8, 4) is 11.1 Å². The minimum Gasteiger partial charge on any atom is -0.460 e. The molecule has 4 aromatic rings. The van der Waals surface area contributed by atoms with E-state index in [1.165, 1.54) is 29.3 Å². The molecule has 14 heteroatoms. The Bertz CT molecular complexity index is 1760. The Balaban J connectivity index is 0.795. The van der Waals surface area contributed by atoms with E-state index in [0.717, 1.165) is 23.3 Å². The van der Waals surface area contributed by atoms with E-state index in [1.54, 1.807) is 18.2 Å². The fourth-order valence-electron chi connectivity index (χ4n) is 5.83. The predicted octanol–water partition coefficient (Wildman–Crippen LogP) is 7.23. The number of carbonyl (C=O) groups excluding carboxylic acids is 2. The summed E-state index contributed by atoms with van der Waals surface area (Å²) in [6, 6.07) is 27.5. The van der Waals surface area contributed by atoms with Crippen LogP contribution in [0.25, 0.3) is 11.1 Å². The third-order valence-corrected chi connectivity index (χ3v) is 8.42. The van der Waals surface area contributed by atoms with E-state index in [9.17, 15) is 22.8 Å². The number of alkyl halides is 3. The molecule has 0 heterocycles. The highest BCUT2D eigenvalue weighted by Gasteiger charge is 2.31. The van der Waals surface area contributed by atoms with Crippen molar-refractivity contribution in [3.05, 3.63) is 119 Å². The summed E-state index contributed by atoms with van der Waals surface area (Å²) in [5.41, 5.74) is 4.58. The minimum absolute atomic E-state index is 0.0109. The highest BCUT2D eigenvalue weighted by Crippen LogP contribution is 2.44. The van der Waals surface area contributed by atoms with Crippen molar-refractivity contribution in [3.63, 3.8) is 0 Å². The number of ether oxygens (including phenoxy) is 7. The lowest BCUT2D eigenvalue weighted by Gasteiger charge is -2.14. The fraction of sp³-hybridized carbons (Fsp3) is 0.366. The molecule has 0 saturated carbocycles. The second kappa shape index (κ2) is 21.8. The second-order valence-corrected chi connectivity index (χ2v) is 12.2. The lowest BCUT2D eigenvalue weighted by molar-refractivity contribution is -0.137. The molecule has 0 spiro atoms. The molecule has 0 fully saturated rings. The number of rotatable bonds is 23. The lowest BCUT2D eigenvalue weighted by atomic mass is 9.98. The molecule has 0 bridgehead atoms. The van der Waals surface area contributed by atoms with Gasteiger partial charge in [0.15, 0.2) is 0 Å². The zero-order valence-electron chi connectivity index (χ0n) is 30.3. The van der Waals surface area contributed by atoms with Crippen molar-refractivity contribution in [2.45, 2.75) is 12.1 Å². The smallest absolute Gasteiger partial charge is 0.416 e. The number of carbonyl (C=O) groups is 2. The molecule has 1 aliphatic carbocycles. The Kier molecular flexibility index (Phi) is 16.3. The number of fused-ring (bicyclic) bond motifs is 3. The van der Waals surface area contributed by atoms with Crippen LogP contribution < -0.4 is 10.6 Å². The Morgan fingerprint density at radius 1 is 0.582 bits per heavy atom. The topological polar surface area (TPSA) is 123 Å². The largest absolute Gasteiger partial charge is 0.460 e. The predicted molar refractivity (Wildman–Crippen MR) is 199 cm³/mol. The minimum atomic E-state index is -4.48. The lowest BCUT2D eigenvalue weighted by Crippen LogP contribution is -2.29. The maximum atomic E-state index is 13.1. The molecule has 0 unspecified atom stereocenters. The Labute approximate surface area is 318 Å². The van der Waals surface area contributed by atoms with E-state index in [-0.39, 0.29) is 43.6 Å². The number of anilines is 2. The summed E-state index contributed by atoms with van der Waals surface area (Å²) in [5, 5.41) is 5.58. The molecular weight excluding hydrogens is 721 g/mol. The van der Waals surface area contributed by atoms with Crippen molar-refractivity contribution < 1.29 is 55.9 Å². The van der Waals surface area contributed by atoms with Crippen LogP contribution in [0.3, 0.4) is 0 Å². The molecule has 55 heavy (non-hydrogen) atoms. The third-order valence-electron chi connectivity index (χ3n) is 8.42. The quantitative estimate of drug-likeness (QED) is 0.0591. The van der Waals surface area contributed by atoms with E-state index in [0.29, 0.717) is 65.1 Å². The number of para-hydroxylation sites is 1. The van der Waals surface area contributed by atoms with Crippen molar-refractivity contribution in [2.24, 2.45) is 0 Å². The monoisotopic (exact) mass is 766 g/mol. The van der Waals surface area contributed by atoms with Gasteiger partial charge >= 0.3 is 18.2 Å². The van der Waals surface area contributed by atoms with Gasteiger partial charge in [-0.05, 0) is 52.6 Å². The molecule has 2 N–H and O–H groups in total. The zero-order chi connectivity index (χ0) is 38.7. The van der Waals surface area contributed by atoms with Crippen LogP contribution in [0.2, 0.25) is 0 Å². The summed E-state index contributed by atoms with van der Waals surface area (Å²) in [6.07, 6.45) is -4.96. The van der Waals surface area contributed by atoms with E-state index >= 15 is 0 Å². The number of hydrogen-bond donors (Lipinski definition) is 2. The molecule has 0 aliphatic heterocycles. The first-order valence-corrected chi connectivity index (χ1v) is 18.0. The van der Waals surface area contributed by atoms with Crippen molar-refractivity contribution in [1.29, 1.82) is 0 Å². The van der Waals surface area contributed by atoms with Gasteiger partial charge in [0.25, 0.3) is 0 Å². The van der Waals surface area contributed by atoms with Crippen LogP contribution in [0.1, 0.15) is 33.0 Å². The van der Waals surface area contributed by atoms with Crippen LogP contribution in [0, 0.1) is 0 Å². The van der Waals surface area contributed by atoms with Crippen LogP contribution in [-0.2, 0) is 39.3 Å². The van der Waals surface area contributed by atoms with Gasteiger partial charge in [-0.3, -0.25) is 0 Å². The number of esters is 1. The zero-order valence-corrected chi connectivity index (χ0v) is 30.3. The van der Waals surface area contributed by atoms with E-state index < -0.39 is 23.8 Å². The Morgan fingerprint density at radius 3 is 1.71 bits per heavy atom. The summed E-state index contributed by atoms with van der Waals surface area (Å²) in [7, 11) is 0. The summed E-state index contributed by atoms with van der Waals surface area (Å²) in [6.45, 7) is 3.97. The van der Waals surface area contributed by atoms with Gasteiger partial charge in [-0.25, -0.2) is 9.59 Å². The highest BCUT2D eigenvalue weighted by molar-refractivity contribution is 5.96. The van der Waals surface area contributed by atoms with Crippen LogP contribution in [0.4, 0.5) is 29.3 Å². The van der Waals surface area contributed by atoms with Gasteiger partial charge in [0.05, 0.1) is 82.9 Å². The van der Waals surface area contributed by atoms with Crippen LogP contribution >= 0.6 is 0 Å². The van der Waals surface area contributed by atoms with Crippen molar-refractivity contribution in [1.82, 2.24) is 5.32 Å². The van der Waals surface area contributed by atoms with Gasteiger partial charge in [-0.15, -0.1) is 0 Å². The van der Waals surface area contributed by atoms with Crippen molar-refractivity contribution in [2.75, 3.05) is 91.1 Å². The SMILES string of the molecule is O=C(NCCOCCOCCOCCOCCOCCOC(=O)c1ccccc1Nc1cccc(C(F)(F)F)c1)OCC1c2ccccc2-c2ccccc21. The van der Waals surface area contributed by atoms with Gasteiger partial charge in [0.2, 0.25) is 0 Å². The first-order chi connectivity index (χ1) is 26.8. The van der Waals surface area contributed by atoms with E-state index in [1.807, 2.05) is 24.3 Å². The van der Waals surface area contributed by atoms with Gasteiger partial charge in [0, 0.05) is 18.2 Å². The Morgan fingerprint density at radius 2 is 1.11 bits per heavy atom. The molecule has 1 amide bonds. The number of benzene rings is 4. The molecule has 11 nitrogen and oxygen atoms in total. The normalized spacial score (nSPS) is 12.2. The second-order valence-electron chi connectivity index (χ2n) is 12.2. The van der Waals surface area contributed by atoms with Crippen LogP contribution in [-0.4, -0.2) is 97.9 Å². The summed E-state index contributed by atoms with van der Waals surface area (Å²) >= 11 is 0. The summed E-state index contributed by atoms with van der Waals surface area (Å²) < 4.78 is 77.4.